The number of amides is 1. The number of hydrogen-bond donors (Lipinski definition) is 1. The number of para-hydroxylation sites is 1. The van der Waals surface area contributed by atoms with Gasteiger partial charge in [0.05, 0.1) is 18.2 Å². The third kappa shape index (κ3) is 5.34. The molecule has 0 unspecified atom stereocenters. The molecule has 1 amide bonds. The van der Waals surface area contributed by atoms with Gasteiger partial charge in [-0.25, -0.2) is 4.39 Å². The van der Waals surface area contributed by atoms with E-state index in [9.17, 15) is 22.4 Å². The van der Waals surface area contributed by atoms with E-state index >= 15 is 0 Å². The van der Waals surface area contributed by atoms with Gasteiger partial charge in [-0.15, -0.1) is 0 Å². The topological polar surface area (TPSA) is 35.6 Å². The van der Waals surface area contributed by atoms with Gasteiger partial charge < -0.3 is 10.2 Å². The number of rotatable bonds is 4. The van der Waals surface area contributed by atoms with E-state index in [1.54, 1.807) is 18.2 Å². The summed E-state index contributed by atoms with van der Waals surface area (Å²) in [7, 11) is 0. The number of alkyl halides is 3. The maximum atomic E-state index is 13.9. The van der Waals surface area contributed by atoms with Gasteiger partial charge in [-0.2, -0.15) is 13.2 Å². The maximum Gasteiger partial charge on any atom is 0.391 e. The zero-order chi connectivity index (χ0) is 19.4. The number of halogens is 4. The monoisotopic (exact) mass is 387 g/mol. The molecule has 3 rings (SSSR count). The molecule has 0 spiro atoms. The normalized spacial score (nSPS) is 24.7. The molecule has 1 saturated carbocycles. The Balaban J connectivity index is 1.44. The zero-order valence-electron chi connectivity index (χ0n) is 15.1. The molecule has 0 bridgehead atoms. The molecule has 0 radical (unpaired) electrons. The average molecular weight is 387 g/mol. The van der Waals surface area contributed by atoms with Crippen molar-refractivity contribution in [2.45, 2.75) is 37.9 Å². The van der Waals surface area contributed by atoms with Gasteiger partial charge in [-0.3, -0.25) is 9.69 Å². The predicted octanol–water partition coefficient (Wildman–Crippen LogP) is 3.19. The number of piperazine rings is 1. The Bertz CT molecular complexity index is 644. The summed E-state index contributed by atoms with van der Waals surface area (Å²) < 4.78 is 52.5. The second kappa shape index (κ2) is 8.46. The second-order valence-corrected chi connectivity index (χ2v) is 7.38. The van der Waals surface area contributed by atoms with Crippen LogP contribution in [0.3, 0.4) is 0 Å². The summed E-state index contributed by atoms with van der Waals surface area (Å²) in [6.45, 7) is 2.59. The Morgan fingerprint density at radius 2 is 1.81 bits per heavy atom. The molecule has 1 aliphatic heterocycles. The van der Waals surface area contributed by atoms with Crippen molar-refractivity contribution in [1.29, 1.82) is 0 Å². The molecule has 0 aromatic heterocycles. The molecule has 1 aliphatic carbocycles. The second-order valence-electron chi connectivity index (χ2n) is 7.38. The molecule has 1 N–H and O–H groups in total. The van der Waals surface area contributed by atoms with Crippen LogP contribution >= 0.6 is 0 Å². The number of anilines is 1. The van der Waals surface area contributed by atoms with Crippen LogP contribution in [-0.2, 0) is 4.79 Å². The van der Waals surface area contributed by atoms with Gasteiger partial charge >= 0.3 is 6.18 Å². The fourth-order valence-electron chi connectivity index (χ4n) is 3.95. The lowest BCUT2D eigenvalue weighted by atomic mass is 9.85. The van der Waals surface area contributed by atoms with Crippen LogP contribution in [0.2, 0.25) is 0 Å². The van der Waals surface area contributed by atoms with E-state index in [1.165, 1.54) is 6.07 Å². The number of nitrogens with one attached hydrogen (secondary N) is 1. The molecule has 4 nitrogen and oxygen atoms in total. The minimum Gasteiger partial charge on any atom is -0.367 e. The number of benzene rings is 1. The van der Waals surface area contributed by atoms with Crippen LogP contribution < -0.4 is 10.2 Å². The Hall–Kier alpha value is -1.83. The van der Waals surface area contributed by atoms with Crippen LogP contribution in [0.25, 0.3) is 0 Å². The predicted molar refractivity (Wildman–Crippen MR) is 95.0 cm³/mol. The Labute approximate surface area is 156 Å². The number of hydrogen-bond acceptors (Lipinski definition) is 3. The van der Waals surface area contributed by atoms with Crippen LogP contribution in [0.5, 0.6) is 0 Å². The molecule has 1 aromatic rings. The standard InChI is InChI=1S/C19H25F4N3O/c20-16-6-1-2-7-17(16)26-10-8-25(9-11-26)13-18(27)24-15-5-3-4-14(12-15)19(21,22)23/h1-2,6-7,14-15H,3-5,8-13H2,(H,24,27)/t14-,15+/m0/s1. The first-order chi connectivity index (χ1) is 12.8. The quantitative estimate of drug-likeness (QED) is 0.806. The third-order valence-corrected chi connectivity index (χ3v) is 5.43. The molecule has 2 atom stereocenters. The number of nitrogens with zero attached hydrogens (tertiary/aromatic N) is 2. The van der Waals surface area contributed by atoms with Crippen molar-refractivity contribution in [1.82, 2.24) is 10.2 Å². The van der Waals surface area contributed by atoms with E-state index in [0.717, 1.165) is 0 Å². The third-order valence-electron chi connectivity index (χ3n) is 5.43. The molecule has 2 aliphatic rings. The van der Waals surface area contributed by atoms with Crippen molar-refractivity contribution in [3.05, 3.63) is 30.1 Å². The number of carbonyl (C=O) groups is 1. The fourth-order valence-corrected chi connectivity index (χ4v) is 3.95. The van der Waals surface area contributed by atoms with Crippen molar-refractivity contribution in [2.75, 3.05) is 37.6 Å². The van der Waals surface area contributed by atoms with Crippen molar-refractivity contribution in [2.24, 2.45) is 5.92 Å². The zero-order valence-corrected chi connectivity index (χ0v) is 15.1. The van der Waals surface area contributed by atoms with Crippen molar-refractivity contribution >= 4 is 11.6 Å². The summed E-state index contributed by atoms with van der Waals surface area (Å²) in [5, 5.41) is 2.77. The lowest BCUT2D eigenvalue weighted by Crippen LogP contribution is -2.51. The lowest BCUT2D eigenvalue weighted by Gasteiger charge is -2.36. The molecule has 1 heterocycles. The smallest absolute Gasteiger partial charge is 0.367 e. The van der Waals surface area contributed by atoms with Crippen LogP contribution in [0, 0.1) is 11.7 Å². The van der Waals surface area contributed by atoms with E-state index in [2.05, 4.69) is 5.32 Å². The lowest BCUT2D eigenvalue weighted by molar-refractivity contribution is -0.184. The van der Waals surface area contributed by atoms with Crippen molar-refractivity contribution in [3.63, 3.8) is 0 Å². The fraction of sp³-hybridized carbons (Fsp3) is 0.632. The summed E-state index contributed by atoms with van der Waals surface area (Å²) in [6.07, 6.45) is -2.99. The highest BCUT2D eigenvalue weighted by molar-refractivity contribution is 5.78. The molecule has 150 valence electrons. The van der Waals surface area contributed by atoms with Crippen LogP contribution in [0.1, 0.15) is 25.7 Å². The minimum atomic E-state index is -4.19. The molecule has 2 fully saturated rings. The first-order valence-corrected chi connectivity index (χ1v) is 9.41. The molecule has 1 aromatic carbocycles. The van der Waals surface area contributed by atoms with E-state index in [0.29, 0.717) is 44.7 Å². The van der Waals surface area contributed by atoms with E-state index in [1.807, 2.05) is 9.80 Å². The first kappa shape index (κ1) is 19.9. The minimum absolute atomic E-state index is 0.0314. The molecular weight excluding hydrogens is 362 g/mol. The maximum absolute atomic E-state index is 13.9. The highest BCUT2D eigenvalue weighted by Crippen LogP contribution is 2.37. The highest BCUT2D eigenvalue weighted by Gasteiger charge is 2.42. The summed E-state index contributed by atoms with van der Waals surface area (Å²) in [5.74, 6) is -1.82. The molecule has 1 saturated heterocycles. The SMILES string of the molecule is O=C(CN1CCN(c2ccccc2F)CC1)N[C@@H]1CCC[C@H](C(F)(F)F)C1. The summed E-state index contributed by atoms with van der Waals surface area (Å²) in [4.78, 5) is 16.1. The summed E-state index contributed by atoms with van der Waals surface area (Å²) in [6, 6.07) is 6.19. The Morgan fingerprint density at radius 1 is 1.11 bits per heavy atom. The Morgan fingerprint density at radius 3 is 2.48 bits per heavy atom. The Kier molecular flexibility index (Phi) is 6.24. The van der Waals surface area contributed by atoms with Crippen LogP contribution in [-0.4, -0.2) is 55.7 Å². The van der Waals surface area contributed by atoms with Crippen LogP contribution in [0.15, 0.2) is 24.3 Å². The van der Waals surface area contributed by atoms with Gasteiger partial charge in [-0.05, 0) is 31.4 Å². The van der Waals surface area contributed by atoms with E-state index in [4.69, 9.17) is 0 Å². The molecule has 27 heavy (non-hydrogen) atoms. The van der Waals surface area contributed by atoms with E-state index < -0.39 is 18.1 Å². The first-order valence-electron chi connectivity index (χ1n) is 9.41. The van der Waals surface area contributed by atoms with Gasteiger partial charge in [0.2, 0.25) is 5.91 Å². The average Bonchev–Trinajstić information content (AvgIpc) is 2.62. The van der Waals surface area contributed by atoms with Gasteiger partial charge in [0.15, 0.2) is 0 Å². The summed E-state index contributed by atoms with van der Waals surface area (Å²) >= 11 is 0. The molecule has 8 heteroatoms. The molecular formula is C19H25F4N3O. The van der Waals surface area contributed by atoms with E-state index in [-0.39, 0.29) is 31.1 Å². The van der Waals surface area contributed by atoms with Gasteiger partial charge in [0.1, 0.15) is 5.82 Å². The van der Waals surface area contributed by atoms with Crippen LogP contribution in [0.4, 0.5) is 23.2 Å². The number of carbonyl (C=O) groups excluding carboxylic acids is 1. The van der Waals surface area contributed by atoms with Gasteiger partial charge in [0.25, 0.3) is 0 Å². The summed E-state index contributed by atoms with van der Waals surface area (Å²) in [5.41, 5.74) is 0.557. The largest absolute Gasteiger partial charge is 0.391 e. The van der Waals surface area contributed by atoms with Crippen molar-refractivity contribution < 1.29 is 22.4 Å². The highest BCUT2D eigenvalue weighted by atomic mass is 19.4. The van der Waals surface area contributed by atoms with Gasteiger partial charge in [0, 0.05) is 32.2 Å². The van der Waals surface area contributed by atoms with Gasteiger partial charge in [-0.1, -0.05) is 18.6 Å². The van der Waals surface area contributed by atoms with Crippen molar-refractivity contribution in [3.8, 4) is 0 Å².